The van der Waals surface area contributed by atoms with Gasteiger partial charge in [0.05, 0.1) is 13.2 Å². The number of rotatable bonds is 8. The van der Waals surface area contributed by atoms with Gasteiger partial charge in [-0.2, -0.15) is 0 Å². The molecule has 1 saturated heterocycles. The molecule has 1 aromatic carbocycles. The number of nitrogens with zero attached hydrogens (tertiary/aromatic N) is 1. The predicted molar refractivity (Wildman–Crippen MR) is 118 cm³/mol. The first-order chi connectivity index (χ1) is 12.4. The van der Waals surface area contributed by atoms with E-state index in [9.17, 15) is 9.50 Å². The first kappa shape index (κ1) is 24.1. The van der Waals surface area contributed by atoms with Gasteiger partial charge in [0.25, 0.3) is 0 Å². The highest BCUT2D eigenvalue weighted by molar-refractivity contribution is 14.0. The largest absolute Gasteiger partial charge is 0.396 e. The maximum absolute atomic E-state index is 14.1. The second kappa shape index (κ2) is 11.2. The van der Waals surface area contributed by atoms with Crippen LogP contribution in [0.2, 0.25) is 0 Å². The number of nitrogens with one attached hydrogen (secondary N) is 2. The van der Waals surface area contributed by atoms with E-state index >= 15 is 0 Å². The highest BCUT2D eigenvalue weighted by Gasteiger charge is 2.34. The molecule has 0 aromatic heterocycles. The molecule has 154 valence electrons. The lowest BCUT2D eigenvalue weighted by molar-refractivity contribution is 0.127. The first-order valence-corrected chi connectivity index (χ1v) is 9.38. The molecular weight excluding hydrogens is 460 g/mol. The summed E-state index contributed by atoms with van der Waals surface area (Å²) in [5.74, 6) is 0.511. The molecule has 2 rings (SSSR count). The first-order valence-electron chi connectivity index (χ1n) is 9.38. The Hall–Kier alpha value is -0.930. The topological polar surface area (TPSA) is 65.9 Å². The van der Waals surface area contributed by atoms with Crippen LogP contribution >= 0.6 is 24.0 Å². The molecule has 3 N–H and O–H groups in total. The van der Waals surface area contributed by atoms with Crippen LogP contribution in [0, 0.1) is 11.2 Å². The van der Waals surface area contributed by atoms with E-state index in [0.29, 0.717) is 37.6 Å². The van der Waals surface area contributed by atoms with Crippen molar-refractivity contribution in [1.82, 2.24) is 10.6 Å². The Kier molecular flexibility index (Phi) is 9.97. The number of guanidine groups is 1. The van der Waals surface area contributed by atoms with Crippen molar-refractivity contribution < 1.29 is 14.2 Å². The molecule has 1 fully saturated rings. The van der Waals surface area contributed by atoms with Gasteiger partial charge in [-0.25, -0.2) is 4.39 Å². The van der Waals surface area contributed by atoms with Crippen LogP contribution in [0.25, 0.3) is 0 Å². The Morgan fingerprint density at radius 2 is 2.07 bits per heavy atom. The Labute approximate surface area is 179 Å². The van der Waals surface area contributed by atoms with E-state index in [1.54, 1.807) is 6.07 Å². The summed E-state index contributed by atoms with van der Waals surface area (Å²) < 4.78 is 19.7. The van der Waals surface area contributed by atoms with E-state index in [0.717, 1.165) is 19.6 Å². The SMILES string of the molecule is CCNC(=NCC(C)(C)c1ccccc1F)NCC1(CCO)CCOC1.I. The van der Waals surface area contributed by atoms with Gasteiger partial charge in [-0.05, 0) is 31.4 Å². The molecule has 1 unspecified atom stereocenters. The van der Waals surface area contributed by atoms with Gasteiger partial charge in [-0.3, -0.25) is 4.99 Å². The maximum atomic E-state index is 14.1. The van der Waals surface area contributed by atoms with Crippen molar-refractivity contribution >= 4 is 29.9 Å². The normalized spacial score (nSPS) is 20.3. The molecule has 7 heteroatoms. The van der Waals surface area contributed by atoms with Crippen LogP contribution in [0.3, 0.4) is 0 Å². The van der Waals surface area contributed by atoms with Gasteiger partial charge in [0.2, 0.25) is 0 Å². The molecule has 1 aliphatic rings. The molecule has 1 heterocycles. The molecule has 1 aliphatic heterocycles. The highest BCUT2D eigenvalue weighted by Crippen LogP contribution is 2.31. The number of aliphatic hydroxyl groups is 1. The number of halogens is 2. The standard InChI is InChI=1S/C20H32FN3O2.HI/c1-4-22-18(24-14-20(9-11-25)10-12-26-15-20)23-13-19(2,3)16-7-5-6-8-17(16)21;/h5-8,25H,4,9-15H2,1-3H3,(H2,22,23,24);1H. The quantitative estimate of drug-likeness (QED) is 0.296. The molecule has 1 aromatic rings. The van der Waals surface area contributed by atoms with Crippen molar-refractivity contribution in [2.45, 2.75) is 39.0 Å². The van der Waals surface area contributed by atoms with Crippen LogP contribution in [0.1, 0.15) is 39.2 Å². The van der Waals surface area contributed by atoms with Gasteiger partial charge >= 0.3 is 0 Å². The number of benzene rings is 1. The number of ether oxygens (including phenoxy) is 1. The van der Waals surface area contributed by atoms with Crippen molar-refractivity contribution in [2.75, 3.05) is 39.5 Å². The maximum Gasteiger partial charge on any atom is 0.191 e. The summed E-state index contributed by atoms with van der Waals surface area (Å²) in [5.41, 5.74) is 0.208. The van der Waals surface area contributed by atoms with E-state index in [2.05, 4.69) is 15.6 Å². The molecule has 0 amide bonds. The second-order valence-corrected chi connectivity index (χ2v) is 7.69. The van der Waals surface area contributed by atoms with Crippen LogP contribution in [0.15, 0.2) is 29.3 Å². The number of hydrogen-bond donors (Lipinski definition) is 3. The summed E-state index contributed by atoms with van der Waals surface area (Å²) in [6.07, 6.45) is 1.64. The van der Waals surface area contributed by atoms with Crippen molar-refractivity contribution in [1.29, 1.82) is 0 Å². The molecule has 0 bridgehead atoms. The third-order valence-corrected chi connectivity index (χ3v) is 5.04. The monoisotopic (exact) mass is 493 g/mol. The van der Waals surface area contributed by atoms with E-state index in [1.807, 2.05) is 32.9 Å². The highest BCUT2D eigenvalue weighted by atomic mass is 127. The van der Waals surface area contributed by atoms with Gasteiger partial charge < -0.3 is 20.5 Å². The van der Waals surface area contributed by atoms with Crippen molar-refractivity contribution in [3.63, 3.8) is 0 Å². The summed E-state index contributed by atoms with van der Waals surface area (Å²) in [4.78, 5) is 4.68. The molecular formula is C20H33FIN3O2. The Balaban J connectivity index is 0.00000364. The predicted octanol–water partition coefficient (Wildman–Crippen LogP) is 3.07. The van der Waals surface area contributed by atoms with Gasteiger partial charge in [0.1, 0.15) is 5.82 Å². The summed E-state index contributed by atoms with van der Waals surface area (Å²) in [6, 6.07) is 6.86. The third kappa shape index (κ3) is 6.87. The zero-order chi connectivity index (χ0) is 19.0. The van der Waals surface area contributed by atoms with E-state index in [4.69, 9.17) is 4.74 Å². The van der Waals surface area contributed by atoms with Crippen molar-refractivity contribution in [3.05, 3.63) is 35.6 Å². The summed E-state index contributed by atoms with van der Waals surface area (Å²) in [6.45, 7) is 9.45. The molecule has 1 atom stereocenters. The molecule has 5 nitrogen and oxygen atoms in total. The minimum absolute atomic E-state index is 0. The summed E-state index contributed by atoms with van der Waals surface area (Å²) in [5, 5.41) is 16.0. The Morgan fingerprint density at radius 1 is 1.33 bits per heavy atom. The van der Waals surface area contributed by atoms with Crippen LogP contribution in [-0.4, -0.2) is 50.5 Å². The van der Waals surface area contributed by atoms with Crippen molar-refractivity contribution in [2.24, 2.45) is 10.4 Å². The van der Waals surface area contributed by atoms with Crippen LogP contribution < -0.4 is 10.6 Å². The van der Waals surface area contributed by atoms with E-state index in [1.165, 1.54) is 6.07 Å². The van der Waals surface area contributed by atoms with Crippen LogP contribution in [-0.2, 0) is 10.2 Å². The fourth-order valence-electron chi connectivity index (χ4n) is 3.30. The zero-order valence-electron chi connectivity index (χ0n) is 16.6. The number of hydrogen-bond acceptors (Lipinski definition) is 3. The molecule has 0 saturated carbocycles. The molecule has 0 radical (unpaired) electrons. The third-order valence-electron chi connectivity index (χ3n) is 5.04. The van der Waals surface area contributed by atoms with E-state index < -0.39 is 5.41 Å². The van der Waals surface area contributed by atoms with Crippen LogP contribution in [0.4, 0.5) is 4.39 Å². The minimum atomic E-state index is -0.410. The average molecular weight is 493 g/mol. The smallest absolute Gasteiger partial charge is 0.191 e. The van der Waals surface area contributed by atoms with E-state index in [-0.39, 0.29) is 41.8 Å². The summed E-state index contributed by atoms with van der Waals surface area (Å²) >= 11 is 0. The number of aliphatic imine (C=N–C) groups is 1. The lowest BCUT2D eigenvalue weighted by Crippen LogP contribution is -2.45. The second-order valence-electron chi connectivity index (χ2n) is 7.69. The molecule has 0 spiro atoms. The minimum Gasteiger partial charge on any atom is -0.396 e. The van der Waals surface area contributed by atoms with Gasteiger partial charge in [0, 0.05) is 37.1 Å². The average Bonchev–Trinajstić information content (AvgIpc) is 3.07. The fraction of sp³-hybridized carbons (Fsp3) is 0.650. The zero-order valence-corrected chi connectivity index (χ0v) is 18.9. The Bertz CT molecular complexity index is 605. The van der Waals surface area contributed by atoms with Crippen molar-refractivity contribution in [3.8, 4) is 0 Å². The van der Waals surface area contributed by atoms with Gasteiger partial charge in [0.15, 0.2) is 5.96 Å². The van der Waals surface area contributed by atoms with Gasteiger partial charge in [-0.15, -0.1) is 24.0 Å². The van der Waals surface area contributed by atoms with Gasteiger partial charge in [-0.1, -0.05) is 32.0 Å². The number of aliphatic hydroxyl groups excluding tert-OH is 1. The summed E-state index contributed by atoms with van der Waals surface area (Å²) in [7, 11) is 0. The lowest BCUT2D eigenvalue weighted by Gasteiger charge is -2.28. The fourth-order valence-corrected chi connectivity index (χ4v) is 3.30. The molecule has 0 aliphatic carbocycles. The lowest BCUT2D eigenvalue weighted by atomic mass is 9.84. The Morgan fingerprint density at radius 3 is 2.67 bits per heavy atom. The van der Waals surface area contributed by atoms with Crippen LogP contribution in [0.5, 0.6) is 0 Å². The molecule has 27 heavy (non-hydrogen) atoms.